The van der Waals surface area contributed by atoms with Crippen molar-refractivity contribution in [3.8, 4) is 0 Å². The van der Waals surface area contributed by atoms with Crippen molar-refractivity contribution < 1.29 is 24.5 Å². The number of carboxylic acid groups (broad SMARTS) is 1. The molecule has 6 nitrogen and oxygen atoms in total. The van der Waals surface area contributed by atoms with Crippen LogP contribution in [-0.4, -0.2) is 48.5 Å². The van der Waals surface area contributed by atoms with Gasteiger partial charge in [0, 0.05) is 13.2 Å². The highest BCUT2D eigenvalue weighted by atomic mass is 16.5. The van der Waals surface area contributed by atoms with Crippen LogP contribution in [0.1, 0.15) is 12.8 Å². The first-order valence-electron chi connectivity index (χ1n) is 7.02. The molecule has 20 heavy (non-hydrogen) atoms. The number of hydrogen-bond acceptors (Lipinski definition) is 4. The van der Waals surface area contributed by atoms with E-state index in [1.165, 1.54) is 0 Å². The quantitative estimate of drug-likeness (QED) is 0.431. The largest absolute Gasteiger partial charge is 0.481 e. The van der Waals surface area contributed by atoms with E-state index < -0.39 is 17.8 Å². The van der Waals surface area contributed by atoms with E-state index in [0.29, 0.717) is 26.2 Å². The third-order valence-electron chi connectivity index (χ3n) is 4.05. The standard InChI is InChI=1S/C14H21NO5/c16-5-7-20-6-1-4-15-13(17)11-9-2-3-10(8-9)12(11)14(18)19/h2-3,9-12,16H,1,4-8H2,(H,15,17)(H,18,19). The average Bonchev–Trinajstić information content (AvgIpc) is 3.02. The van der Waals surface area contributed by atoms with Gasteiger partial charge in [-0.1, -0.05) is 12.2 Å². The first-order valence-corrected chi connectivity index (χ1v) is 7.02. The van der Waals surface area contributed by atoms with Gasteiger partial charge in [-0.3, -0.25) is 9.59 Å². The molecule has 0 aliphatic heterocycles. The monoisotopic (exact) mass is 283 g/mol. The summed E-state index contributed by atoms with van der Waals surface area (Å²) in [5.41, 5.74) is 0. The lowest BCUT2D eigenvalue weighted by Gasteiger charge is -2.23. The van der Waals surface area contributed by atoms with Crippen LogP contribution in [0.3, 0.4) is 0 Å². The van der Waals surface area contributed by atoms with Gasteiger partial charge in [-0.15, -0.1) is 0 Å². The number of allylic oxidation sites excluding steroid dienone is 2. The van der Waals surface area contributed by atoms with E-state index in [2.05, 4.69) is 5.32 Å². The van der Waals surface area contributed by atoms with Crippen LogP contribution in [0.15, 0.2) is 12.2 Å². The molecule has 0 aromatic heterocycles. The highest BCUT2D eigenvalue weighted by Gasteiger charge is 2.51. The fourth-order valence-corrected chi connectivity index (χ4v) is 3.19. The summed E-state index contributed by atoms with van der Waals surface area (Å²) in [5.74, 6) is -2.02. The van der Waals surface area contributed by atoms with Gasteiger partial charge >= 0.3 is 5.97 Å². The van der Waals surface area contributed by atoms with Crippen LogP contribution in [0, 0.1) is 23.7 Å². The molecule has 0 spiro atoms. The average molecular weight is 283 g/mol. The number of aliphatic carboxylic acids is 1. The lowest BCUT2D eigenvalue weighted by molar-refractivity contribution is -0.147. The maximum atomic E-state index is 12.1. The molecule has 4 atom stereocenters. The summed E-state index contributed by atoms with van der Waals surface area (Å²) in [6.07, 6.45) is 5.32. The molecule has 2 aliphatic rings. The molecule has 4 unspecified atom stereocenters. The van der Waals surface area contributed by atoms with E-state index >= 15 is 0 Å². The van der Waals surface area contributed by atoms with Crippen molar-refractivity contribution in [2.45, 2.75) is 12.8 Å². The fraction of sp³-hybridized carbons (Fsp3) is 0.714. The van der Waals surface area contributed by atoms with E-state index in [-0.39, 0.29) is 24.3 Å². The van der Waals surface area contributed by atoms with Gasteiger partial charge in [0.05, 0.1) is 25.0 Å². The van der Waals surface area contributed by atoms with Crippen LogP contribution in [0.5, 0.6) is 0 Å². The van der Waals surface area contributed by atoms with E-state index in [9.17, 15) is 14.7 Å². The number of rotatable bonds is 8. The third kappa shape index (κ3) is 3.19. The molecule has 2 aliphatic carbocycles. The van der Waals surface area contributed by atoms with Crippen LogP contribution in [0.2, 0.25) is 0 Å². The number of carbonyl (C=O) groups excluding carboxylic acids is 1. The summed E-state index contributed by atoms with van der Waals surface area (Å²) >= 11 is 0. The number of carbonyl (C=O) groups is 2. The number of amides is 1. The second-order valence-corrected chi connectivity index (χ2v) is 5.32. The Morgan fingerprint density at radius 3 is 2.55 bits per heavy atom. The normalized spacial score (nSPS) is 30.6. The molecule has 1 amide bonds. The van der Waals surface area contributed by atoms with Crippen molar-refractivity contribution in [3.63, 3.8) is 0 Å². The molecule has 1 fully saturated rings. The summed E-state index contributed by atoms with van der Waals surface area (Å²) in [7, 11) is 0. The summed E-state index contributed by atoms with van der Waals surface area (Å²) in [5, 5.41) is 20.6. The van der Waals surface area contributed by atoms with Crippen molar-refractivity contribution >= 4 is 11.9 Å². The number of hydrogen-bond donors (Lipinski definition) is 3. The predicted octanol–water partition coefficient (Wildman–Crippen LogP) is 0.0245. The van der Waals surface area contributed by atoms with Gasteiger partial charge in [0.15, 0.2) is 0 Å². The van der Waals surface area contributed by atoms with Gasteiger partial charge < -0.3 is 20.3 Å². The van der Waals surface area contributed by atoms with Crippen LogP contribution in [0.25, 0.3) is 0 Å². The molecule has 1 saturated carbocycles. The highest BCUT2D eigenvalue weighted by molar-refractivity contribution is 5.86. The van der Waals surface area contributed by atoms with Gasteiger partial charge in [-0.2, -0.15) is 0 Å². The first kappa shape index (κ1) is 15.0. The zero-order valence-electron chi connectivity index (χ0n) is 11.3. The molecule has 6 heteroatoms. The van der Waals surface area contributed by atoms with E-state index in [0.717, 1.165) is 6.42 Å². The van der Waals surface area contributed by atoms with Crippen molar-refractivity contribution in [2.75, 3.05) is 26.4 Å². The molecule has 2 bridgehead atoms. The molecular formula is C14H21NO5. The van der Waals surface area contributed by atoms with E-state index in [4.69, 9.17) is 9.84 Å². The van der Waals surface area contributed by atoms with Crippen LogP contribution in [-0.2, 0) is 14.3 Å². The Morgan fingerprint density at radius 1 is 1.20 bits per heavy atom. The molecule has 3 N–H and O–H groups in total. The van der Waals surface area contributed by atoms with Gasteiger partial charge in [-0.05, 0) is 24.7 Å². The van der Waals surface area contributed by atoms with Crippen LogP contribution >= 0.6 is 0 Å². The summed E-state index contributed by atoms with van der Waals surface area (Å²) in [4.78, 5) is 23.4. The minimum absolute atomic E-state index is 0.00105. The summed E-state index contributed by atoms with van der Waals surface area (Å²) in [6.45, 7) is 1.23. The van der Waals surface area contributed by atoms with Crippen molar-refractivity contribution in [1.82, 2.24) is 5.32 Å². The van der Waals surface area contributed by atoms with Gasteiger partial charge in [0.1, 0.15) is 0 Å². The topological polar surface area (TPSA) is 95.9 Å². The fourth-order valence-electron chi connectivity index (χ4n) is 3.19. The Hall–Kier alpha value is -1.40. The Balaban J connectivity index is 1.77. The van der Waals surface area contributed by atoms with Crippen LogP contribution in [0.4, 0.5) is 0 Å². The zero-order chi connectivity index (χ0) is 14.5. The SMILES string of the molecule is O=C(O)C1C2C=CC(C2)C1C(=O)NCCCOCCO. The molecule has 2 rings (SSSR count). The Bertz CT molecular complexity index is 395. The zero-order valence-corrected chi connectivity index (χ0v) is 11.3. The third-order valence-corrected chi connectivity index (χ3v) is 4.05. The first-order chi connectivity index (χ1) is 9.65. The molecule has 0 heterocycles. The Kier molecular flexibility index (Phi) is 5.14. The minimum Gasteiger partial charge on any atom is -0.481 e. The second-order valence-electron chi connectivity index (χ2n) is 5.32. The Morgan fingerprint density at radius 2 is 1.90 bits per heavy atom. The predicted molar refractivity (Wildman–Crippen MR) is 70.9 cm³/mol. The van der Waals surface area contributed by atoms with Gasteiger partial charge in [0.25, 0.3) is 0 Å². The smallest absolute Gasteiger partial charge is 0.307 e. The van der Waals surface area contributed by atoms with Crippen LogP contribution < -0.4 is 5.32 Å². The number of ether oxygens (including phenoxy) is 1. The van der Waals surface area contributed by atoms with E-state index in [1.54, 1.807) is 0 Å². The van der Waals surface area contributed by atoms with Crippen molar-refractivity contribution in [3.05, 3.63) is 12.2 Å². The number of aliphatic hydroxyl groups is 1. The number of carboxylic acids is 1. The van der Waals surface area contributed by atoms with E-state index in [1.807, 2.05) is 12.2 Å². The number of aliphatic hydroxyl groups excluding tert-OH is 1. The maximum absolute atomic E-state index is 12.1. The summed E-state index contributed by atoms with van der Waals surface area (Å²) in [6, 6.07) is 0. The highest BCUT2D eigenvalue weighted by Crippen LogP contribution is 2.48. The molecule has 0 saturated heterocycles. The van der Waals surface area contributed by atoms with Crippen molar-refractivity contribution in [2.24, 2.45) is 23.7 Å². The Labute approximate surface area is 117 Å². The molecular weight excluding hydrogens is 262 g/mol. The van der Waals surface area contributed by atoms with Gasteiger partial charge in [0.2, 0.25) is 5.91 Å². The minimum atomic E-state index is -0.881. The molecule has 0 aromatic carbocycles. The molecule has 112 valence electrons. The molecule has 0 aromatic rings. The maximum Gasteiger partial charge on any atom is 0.307 e. The summed E-state index contributed by atoms with van der Waals surface area (Å²) < 4.78 is 5.09. The van der Waals surface area contributed by atoms with Crippen molar-refractivity contribution in [1.29, 1.82) is 0 Å². The lowest BCUT2D eigenvalue weighted by atomic mass is 9.82. The number of fused-ring (bicyclic) bond motifs is 2. The number of nitrogens with one attached hydrogen (secondary N) is 1. The molecule has 0 radical (unpaired) electrons. The second kappa shape index (κ2) is 6.85. The lowest BCUT2D eigenvalue weighted by Crippen LogP contribution is -2.40. The van der Waals surface area contributed by atoms with Gasteiger partial charge in [-0.25, -0.2) is 0 Å².